The van der Waals surface area contributed by atoms with Gasteiger partial charge in [0.05, 0.1) is 6.61 Å². The molecule has 2 heteroatoms. The van der Waals surface area contributed by atoms with Crippen LogP contribution in [0.25, 0.3) is 0 Å². The number of hydrogen-bond acceptors (Lipinski definition) is 2. The monoisotopic (exact) mass is 480 g/mol. The van der Waals surface area contributed by atoms with Gasteiger partial charge in [-0.15, -0.1) is 0 Å². The first-order chi connectivity index (χ1) is 16.7. The Hall–Kier alpha value is -0.530. The van der Waals surface area contributed by atoms with Crippen molar-refractivity contribution < 1.29 is 9.53 Å². The highest BCUT2D eigenvalue weighted by Crippen LogP contribution is 2.24. The third-order valence-corrected chi connectivity index (χ3v) is 7.44. The molecule has 0 aromatic rings. The van der Waals surface area contributed by atoms with E-state index in [0.29, 0.717) is 13.0 Å². The molecule has 0 bridgehead atoms. The van der Waals surface area contributed by atoms with E-state index in [1.807, 2.05) is 0 Å². The number of carbonyl (C=O) groups is 1. The minimum absolute atomic E-state index is 0.0303. The molecule has 0 heterocycles. The summed E-state index contributed by atoms with van der Waals surface area (Å²) in [4.78, 5) is 12.0. The summed E-state index contributed by atoms with van der Waals surface area (Å²) in [5, 5.41) is 0. The van der Waals surface area contributed by atoms with Crippen molar-refractivity contribution in [3.63, 3.8) is 0 Å². The van der Waals surface area contributed by atoms with Gasteiger partial charge in [-0.25, -0.2) is 0 Å². The Morgan fingerprint density at radius 3 is 1.26 bits per heavy atom. The molecule has 0 aliphatic carbocycles. The maximum Gasteiger partial charge on any atom is 0.305 e. The second-order valence-corrected chi connectivity index (χ2v) is 10.9. The van der Waals surface area contributed by atoms with Crippen LogP contribution in [0.2, 0.25) is 0 Å². The summed E-state index contributed by atoms with van der Waals surface area (Å²) >= 11 is 0. The fraction of sp³-hybridized carbons (Fsp3) is 0.969. The van der Waals surface area contributed by atoms with Gasteiger partial charge in [0.1, 0.15) is 0 Å². The molecule has 0 aliphatic rings. The molecule has 0 fully saturated rings. The fourth-order valence-corrected chi connectivity index (χ4v) is 5.06. The minimum atomic E-state index is 0.0303. The summed E-state index contributed by atoms with van der Waals surface area (Å²) < 4.78 is 5.47. The zero-order valence-corrected chi connectivity index (χ0v) is 24.0. The van der Waals surface area contributed by atoms with Crippen molar-refractivity contribution in [1.29, 1.82) is 0 Å². The van der Waals surface area contributed by atoms with Crippen molar-refractivity contribution in [2.75, 3.05) is 6.61 Å². The van der Waals surface area contributed by atoms with E-state index in [9.17, 15) is 4.79 Å². The van der Waals surface area contributed by atoms with E-state index in [-0.39, 0.29) is 5.97 Å². The standard InChI is InChI=1S/C32H64O2/c1-4-7-10-13-14-15-16-17-18-19-25-30-34-32(33)29-24-20-23-28-31(26-21-11-8-5-2)27-22-12-9-6-3/h31H,4-30H2,1-3H3. The minimum Gasteiger partial charge on any atom is -0.466 e. The van der Waals surface area contributed by atoms with E-state index < -0.39 is 0 Å². The van der Waals surface area contributed by atoms with Crippen LogP contribution in [0.4, 0.5) is 0 Å². The second kappa shape index (κ2) is 28.7. The van der Waals surface area contributed by atoms with Crippen molar-refractivity contribution in [1.82, 2.24) is 0 Å². The second-order valence-electron chi connectivity index (χ2n) is 10.9. The SMILES string of the molecule is CCCCCCCCCCCCCOC(=O)CCCCCC(CCCCCC)CCCCCC. The summed E-state index contributed by atoms with van der Waals surface area (Å²) in [5.74, 6) is 0.949. The van der Waals surface area contributed by atoms with Crippen molar-refractivity contribution in [3.8, 4) is 0 Å². The summed E-state index contributed by atoms with van der Waals surface area (Å²) in [6.45, 7) is 7.50. The van der Waals surface area contributed by atoms with Gasteiger partial charge in [0, 0.05) is 6.42 Å². The Morgan fingerprint density at radius 2 is 0.824 bits per heavy atom. The Morgan fingerprint density at radius 1 is 0.471 bits per heavy atom. The fourth-order valence-electron chi connectivity index (χ4n) is 5.06. The van der Waals surface area contributed by atoms with E-state index in [1.165, 1.54) is 148 Å². The predicted octanol–water partition coefficient (Wildman–Crippen LogP) is 11.3. The Labute approximate surface area is 215 Å². The Kier molecular flexibility index (Phi) is 28.3. The molecule has 0 radical (unpaired) electrons. The molecule has 204 valence electrons. The highest BCUT2D eigenvalue weighted by molar-refractivity contribution is 5.69. The molecule has 0 amide bonds. The van der Waals surface area contributed by atoms with E-state index in [0.717, 1.165) is 18.8 Å². The topological polar surface area (TPSA) is 26.3 Å². The number of hydrogen-bond donors (Lipinski definition) is 0. The zero-order valence-electron chi connectivity index (χ0n) is 24.0. The van der Waals surface area contributed by atoms with Crippen LogP contribution >= 0.6 is 0 Å². The van der Waals surface area contributed by atoms with Crippen molar-refractivity contribution in [2.24, 2.45) is 5.92 Å². The van der Waals surface area contributed by atoms with Gasteiger partial charge in [0.25, 0.3) is 0 Å². The average molecular weight is 481 g/mol. The molecule has 0 rings (SSSR count). The van der Waals surface area contributed by atoms with Crippen molar-refractivity contribution in [3.05, 3.63) is 0 Å². The van der Waals surface area contributed by atoms with Gasteiger partial charge in [0.2, 0.25) is 0 Å². The molecular formula is C32H64O2. The first kappa shape index (κ1) is 33.5. The molecule has 0 aromatic heterocycles. The lowest BCUT2D eigenvalue weighted by atomic mass is 9.89. The van der Waals surface area contributed by atoms with Gasteiger partial charge in [-0.3, -0.25) is 4.79 Å². The number of unbranched alkanes of at least 4 members (excludes halogenated alkanes) is 18. The lowest BCUT2D eigenvalue weighted by Gasteiger charge is -2.17. The van der Waals surface area contributed by atoms with Gasteiger partial charge in [-0.05, 0) is 18.8 Å². The third kappa shape index (κ3) is 26.1. The van der Waals surface area contributed by atoms with Gasteiger partial charge >= 0.3 is 5.97 Å². The lowest BCUT2D eigenvalue weighted by molar-refractivity contribution is -0.143. The smallest absolute Gasteiger partial charge is 0.305 e. The molecular weight excluding hydrogens is 416 g/mol. The van der Waals surface area contributed by atoms with Gasteiger partial charge in [-0.2, -0.15) is 0 Å². The molecule has 0 atom stereocenters. The van der Waals surface area contributed by atoms with E-state index in [4.69, 9.17) is 4.74 Å². The van der Waals surface area contributed by atoms with E-state index >= 15 is 0 Å². The van der Waals surface area contributed by atoms with Gasteiger partial charge < -0.3 is 4.74 Å². The van der Waals surface area contributed by atoms with Crippen molar-refractivity contribution >= 4 is 5.97 Å². The summed E-state index contributed by atoms with van der Waals surface area (Å²) in [6, 6.07) is 0. The normalized spacial score (nSPS) is 11.4. The van der Waals surface area contributed by atoms with E-state index in [1.54, 1.807) is 0 Å². The first-order valence-electron chi connectivity index (χ1n) is 15.9. The highest BCUT2D eigenvalue weighted by atomic mass is 16.5. The van der Waals surface area contributed by atoms with Crippen LogP contribution in [0, 0.1) is 5.92 Å². The molecule has 0 aromatic carbocycles. The van der Waals surface area contributed by atoms with E-state index in [2.05, 4.69) is 20.8 Å². The van der Waals surface area contributed by atoms with Crippen LogP contribution < -0.4 is 0 Å². The summed E-state index contributed by atoms with van der Waals surface area (Å²) in [6.07, 6.45) is 34.1. The first-order valence-corrected chi connectivity index (χ1v) is 15.9. The van der Waals surface area contributed by atoms with Crippen LogP contribution in [0.1, 0.15) is 188 Å². The van der Waals surface area contributed by atoms with Gasteiger partial charge in [0.15, 0.2) is 0 Å². The summed E-state index contributed by atoms with van der Waals surface area (Å²) in [7, 11) is 0. The molecule has 34 heavy (non-hydrogen) atoms. The molecule has 2 nitrogen and oxygen atoms in total. The predicted molar refractivity (Wildman–Crippen MR) is 152 cm³/mol. The Balaban J connectivity index is 3.58. The average Bonchev–Trinajstić information content (AvgIpc) is 2.84. The molecule has 0 unspecified atom stereocenters. The largest absolute Gasteiger partial charge is 0.466 e. The molecule has 0 saturated carbocycles. The summed E-state index contributed by atoms with van der Waals surface area (Å²) in [5.41, 5.74) is 0. The number of carbonyl (C=O) groups excluding carboxylic acids is 1. The molecule has 0 N–H and O–H groups in total. The molecule has 0 spiro atoms. The quantitative estimate of drug-likeness (QED) is 0.0821. The maximum atomic E-state index is 12.0. The third-order valence-electron chi connectivity index (χ3n) is 7.44. The lowest BCUT2D eigenvalue weighted by Crippen LogP contribution is -2.06. The zero-order chi connectivity index (χ0) is 25.0. The van der Waals surface area contributed by atoms with Gasteiger partial charge in [-0.1, -0.05) is 168 Å². The maximum absolute atomic E-state index is 12.0. The molecule has 0 aliphatic heterocycles. The highest BCUT2D eigenvalue weighted by Gasteiger charge is 2.09. The number of esters is 1. The van der Waals surface area contributed by atoms with Crippen LogP contribution in [-0.4, -0.2) is 12.6 Å². The van der Waals surface area contributed by atoms with Crippen LogP contribution in [0.5, 0.6) is 0 Å². The number of ether oxygens (including phenoxy) is 1. The Bertz CT molecular complexity index is 380. The van der Waals surface area contributed by atoms with Crippen LogP contribution in [0.15, 0.2) is 0 Å². The van der Waals surface area contributed by atoms with Crippen molar-refractivity contribution in [2.45, 2.75) is 188 Å². The van der Waals surface area contributed by atoms with Crippen LogP contribution in [0.3, 0.4) is 0 Å². The molecule has 0 saturated heterocycles. The van der Waals surface area contributed by atoms with Crippen LogP contribution in [-0.2, 0) is 9.53 Å². The number of rotatable bonds is 28.